The molecule has 0 aromatic heterocycles. The van der Waals surface area contributed by atoms with Gasteiger partial charge in [0.15, 0.2) is 5.11 Å². The van der Waals surface area contributed by atoms with E-state index in [1.807, 2.05) is 31.2 Å². The average Bonchev–Trinajstić information content (AvgIpc) is 2.45. The van der Waals surface area contributed by atoms with Gasteiger partial charge in [-0.3, -0.25) is 5.43 Å². The normalized spacial score (nSPS) is 22.6. The van der Waals surface area contributed by atoms with Crippen LogP contribution in [0.25, 0.3) is 0 Å². The molecule has 0 spiro atoms. The van der Waals surface area contributed by atoms with E-state index in [-0.39, 0.29) is 0 Å². The van der Waals surface area contributed by atoms with Crippen molar-refractivity contribution < 1.29 is 4.74 Å². The van der Waals surface area contributed by atoms with Crippen LogP contribution in [0.15, 0.2) is 24.3 Å². The molecule has 1 aliphatic rings. The Kier molecular flexibility index (Phi) is 5.82. The molecule has 1 aromatic carbocycles. The molecule has 0 bridgehead atoms. The third kappa shape index (κ3) is 4.58. The van der Waals surface area contributed by atoms with Gasteiger partial charge in [0.1, 0.15) is 5.75 Å². The molecule has 2 rings (SSSR count). The van der Waals surface area contributed by atoms with Gasteiger partial charge in [0.25, 0.3) is 0 Å². The smallest absolute Gasteiger partial charge is 0.185 e. The lowest BCUT2D eigenvalue weighted by atomic mass is 10.00. The highest BCUT2D eigenvalue weighted by Gasteiger charge is 2.25. The van der Waals surface area contributed by atoms with E-state index >= 15 is 0 Å². The molecule has 2 N–H and O–H groups in total. The fourth-order valence-corrected chi connectivity index (χ4v) is 2.94. The van der Waals surface area contributed by atoms with E-state index < -0.39 is 0 Å². The minimum absolute atomic E-state index is 0.508. The summed E-state index contributed by atoms with van der Waals surface area (Å²) in [5, 5.41) is 6.12. The zero-order valence-corrected chi connectivity index (χ0v) is 13.9. The van der Waals surface area contributed by atoms with E-state index in [4.69, 9.17) is 17.0 Å². The van der Waals surface area contributed by atoms with Gasteiger partial charge in [-0.2, -0.15) is 0 Å². The molecule has 0 amide bonds. The monoisotopic (exact) mass is 307 g/mol. The Hall–Kier alpha value is -1.33. The fraction of sp³-hybridized carbons (Fsp3) is 0.562. The van der Waals surface area contributed by atoms with Crippen LogP contribution in [-0.2, 0) is 0 Å². The Bertz CT molecular complexity index is 453. The van der Waals surface area contributed by atoms with Gasteiger partial charge in [0, 0.05) is 17.8 Å². The van der Waals surface area contributed by atoms with Crippen molar-refractivity contribution in [2.45, 2.75) is 52.1 Å². The maximum Gasteiger partial charge on any atom is 0.185 e. The van der Waals surface area contributed by atoms with Crippen molar-refractivity contribution in [3.8, 4) is 5.75 Å². The van der Waals surface area contributed by atoms with Gasteiger partial charge in [0.05, 0.1) is 6.61 Å². The summed E-state index contributed by atoms with van der Waals surface area (Å²) < 4.78 is 5.43. The summed E-state index contributed by atoms with van der Waals surface area (Å²) >= 11 is 5.41. The zero-order valence-electron chi connectivity index (χ0n) is 13.1. The van der Waals surface area contributed by atoms with Gasteiger partial charge in [-0.05, 0) is 70.1 Å². The standard InChI is InChI=1S/C16H25N3OS/c1-4-20-15-10-8-14(9-11-15)17-16(21)18-19-12(2)6-5-7-13(19)3/h8-13H,4-7H2,1-3H3,(H2,17,18,21)/t12-,13-/m1/s1. The van der Waals surface area contributed by atoms with Gasteiger partial charge < -0.3 is 10.1 Å². The first-order valence-corrected chi connectivity index (χ1v) is 8.09. The lowest BCUT2D eigenvalue weighted by Crippen LogP contribution is -2.55. The van der Waals surface area contributed by atoms with Crippen molar-refractivity contribution in [3.63, 3.8) is 0 Å². The van der Waals surface area contributed by atoms with Crippen LogP contribution >= 0.6 is 12.2 Å². The molecule has 1 saturated heterocycles. The van der Waals surface area contributed by atoms with Crippen LogP contribution in [0.3, 0.4) is 0 Å². The number of benzene rings is 1. The third-order valence-electron chi connectivity index (χ3n) is 3.85. The molecule has 2 atom stereocenters. The van der Waals surface area contributed by atoms with Gasteiger partial charge in [-0.1, -0.05) is 6.42 Å². The number of hydrazine groups is 1. The largest absolute Gasteiger partial charge is 0.494 e. The number of hydrogen-bond acceptors (Lipinski definition) is 3. The second kappa shape index (κ2) is 7.61. The van der Waals surface area contributed by atoms with Gasteiger partial charge >= 0.3 is 0 Å². The highest BCUT2D eigenvalue weighted by Crippen LogP contribution is 2.20. The van der Waals surface area contributed by atoms with Gasteiger partial charge in [0.2, 0.25) is 0 Å². The molecule has 1 aliphatic heterocycles. The Morgan fingerprint density at radius 3 is 2.43 bits per heavy atom. The molecular weight excluding hydrogens is 282 g/mol. The molecule has 0 saturated carbocycles. The average molecular weight is 307 g/mol. The van der Waals surface area contributed by atoms with E-state index in [2.05, 4.69) is 29.6 Å². The van der Waals surface area contributed by atoms with Gasteiger partial charge in [-0.25, -0.2) is 5.01 Å². The van der Waals surface area contributed by atoms with E-state index in [1.54, 1.807) is 0 Å². The predicted octanol–water partition coefficient (Wildman–Crippen LogP) is 3.55. The number of piperidine rings is 1. The first kappa shape index (κ1) is 16.0. The SMILES string of the molecule is CCOc1ccc(NC(=S)NN2[C@H](C)CCC[C@H]2C)cc1. The number of nitrogens with zero attached hydrogens (tertiary/aromatic N) is 1. The summed E-state index contributed by atoms with van der Waals surface area (Å²) in [5.74, 6) is 0.875. The highest BCUT2D eigenvalue weighted by atomic mass is 32.1. The predicted molar refractivity (Wildman–Crippen MR) is 91.6 cm³/mol. The maximum absolute atomic E-state index is 5.43. The lowest BCUT2D eigenvalue weighted by Gasteiger charge is -2.39. The first-order valence-electron chi connectivity index (χ1n) is 7.69. The summed E-state index contributed by atoms with van der Waals surface area (Å²) in [5.41, 5.74) is 4.30. The summed E-state index contributed by atoms with van der Waals surface area (Å²) in [6.07, 6.45) is 3.71. The van der Waals surface area contributed by atoms with Crippen LogP contribution in [-0.4, -0.2) is 28.8 Å². The van der Waals surface area contributed by atoms with Crippen molar-refractivity contribution in [2.75, 3.05) is 11.9 Å². The Morgan fingerprint density at radius 1 is 1.24 bits per heavy atom. The van der Waals surface area contributed by atoms with Crippen LogP contribution in [0.5, 0.6) is 5.75 Å². The second-order valence-corrected chi connectivity index (χ2v) is 5.97. The summed E-state index contributed by atoms with van der Waals surface area (Å²) in [7, 11) is 0. The molecule has 0 radical (unpaired) electrons. The molecular formula is C16H25N3OS. The van der Waals surface area contributed by atoms with Crippen molar-refractivity contribution in [1.82, 2.24) is 10.4 Å². The van der Waals surface area contributed by atoms with Crippen molar-refractivity contribution in [3.05, 3.63) is 24.3 Å². The van der Waals surface area contributed by atoms with Crippen molar-refractivity contribution in [2.24, 2.45) is 0 Å². The lowest BCUT2D eigenvalue weighted by molar-refractivity contribution is 0.0750. The summed E-state index contributed by atoms with van der Waals surface area (Å²) in [6, 6.07) is 8.85. The molecule has 21 heavy (non-hydrogen) atoms. The van der Waals surface area contributed by atoms with Crippen LogP contribution in [0.1, 0.15) is 40.0 Å². The molecule has 1 aromatic rings. The van der Waals surface area contributed by atoms with E-state index in [1.165, 1.54) is 19.3 Å². The quantitative estimate of drug-likeness (QED) is 0.832. The van der Waals surface area contributed by atoms with Crippen molar-refractivity contribution >= 4 is 23.0 Å². The minimum Gasteiger partial charge on any atom is -0.494 e. The third-order valence-corrected chi connectivity index (χ3v) is 4.04. The molecule has 5 heteroatoms. The Balaban J connectivity index is 1.88. The number of ether oxygens (including phenoxy) is 1. The number of hydrogen-bond donors (Lipinski definition) is 2. The van der Waals surface area contributed by atoms with E-state index in [9.17, 15) is 0 Å². The van der Waals surface area contributed by atoms with Crippen LogP contribution < -0.4 is 15.5 Å². The van der Waals surface area contributed by atoms with E-state index in [0.29, 0.717) is 23.8 Å². The highest BCUT2D eigenvalue weighted by molar-refractivity contribution is 7.80. The number of rotatable bonds is 4. The number of thiocarbonyl (C=S) groups is 1. The topological polar surface area (TPSA) is 36.5 Å². The molecule has 4 nitrogen and oxygen atoms in total. The molecule has 0 unspecified atom stereocenters. The summed E-state index contributed by atoms with van der Waals surface area (Å²) in [6.45, 7) is 7.13. The Morgan fingerprint density at radius 2 is 1.86 bits per heavy atom. The van der Waals surface area contributed by atoms with Crippen molar-refractivity contribution in [1.29, 1.82) is 0 Å². The van der Waals surface area contributed by atoms with Gasteiger partial charge in [-0.15, -0.1) is 0 Å². The van der Waals surface area contributed by atoms with Crippen LogP contribution in [0, 0.1) is 0 Å². The van der Waals surface area contributed by atoms with E-state index in [0.717, 1.165) is 11.4 Å². The molecule has 0 aliphatic carbocycles. The number of anilines is 1. The molecule has 116 valence electrons. The Labute approximate surface area is 132 Å². The molecule has 1 heterocycles. The first-order chi connectivity index (χ1) is 10.1. The zero-order chi connectivity index (χ0) is 15.2. The molecule has 1 fully saturated rings. The minimum atomic E-state index is 0.508. The maximum atomic E-state index is 5.43. The van der Waals surface area contributed by atoms with Crippen LogP contribution in [0.2, 0.25) is 0 Å². The number of nitrogens with one attached hydrogen (secondary N) is 2. The second-order valence-electron chi connectivity index (χ2n) is 5.56. The fourth-order valence-electron chi connectivity index (χ4n) is 2.72. The van der Waals surface area contributed by atoms with Crippen LogP contribution in [0.4, 0.5) is 5.69 Å². The summed E-state index contributed by atoms with van der Waals surface area (Å²) in [4.78, 5) is 0.